The van der Waals surface area contributed by atoms with Crippen LogP contribution in [0.3, 0.4) is 0 Å². The maximum absolute atomic E-state index is 12.5. The molecular weight excluding hydrogens is 228 g/mol. The minimum atomic E-state index is -0.280. The van der Waals surface area contributed by atoms with Crippen LogP contribution >= 0.6 is 0 Å². The molecule has 0 aromatic heterocycles. The molecule has 0 radical (unpaired) electrons. The third-order valence-corrected chi connectivity index (χ3v) is 3.96. The summed E-state index contributed by atoms with van der Waals surface area (Å²) in [5.74, 6) is 0.395. The van der Waals surface area contributed by atoms with Crippen molar-refractivity contribution < 1.29 is 9.53 Å². The average molecular weight is 246 g/mol. The Hall–Kier alpha value is -1.55. The summed E-state index contributed by atoms with van der Waals surface area (Å²) >= 11 is 0. The number of hydrogen-bond donors (Lipinski definition) is 1. The standard InChI is InChI=1S/C14H18N2O2/c1-9-6-8-18-13(9)14(17)16-7-5-10-11(15)3-2-4-12(10)16/h2-4,9,13H,5-8,15H2,1H3. The summed E-state index contributed by atoms with van der Waals surface area (Å²) < 4.78 is 5.56. The van der Waals surface area contributed by atoms with Crippen molar-refractivity contribution in [3.8, 4) is 0 Å². The molecule has 4 heteroatoms. The van der Waals surface area contributed by atoms with Gasteiger partial charge in [0.2, 0.25) is 0 Å². The molecule has 96 valence electrons. The second-order valence-corrected chi connectivity index (χ2v) is 5.14. The zero-order valence-electron chi connectivity index (χ0n) is 10.6. The van der Waals surface area contributed by atoms with Gasteiger partial charge in [0.15, 0.2) is 0 Å². The third-order valence-electron chi connectivity index (χ3n) is 3.96. The molecule has 0 spiro atoms. The molecule has 2 aliphatic rings. The van der Waals surface area contributed by atoms with Crippen LogP contribution in [0.5, 0.6) is 0 Å². The number of nitrogens with two attached hydrogens (primary N) is 1. The lowest BCUT2D eigenvalue weighted by Crippen LogP contribution is -2.40. The first kappa shape index (κ1) is 11.5. The maximum Gasteiger partial charge on any atom is 0.256 e. The van der Waals surface area contributed by atoms with Gasteiger partial charge >= 0.3 is 0 Å². The van der Waals surface area contributed by atoms with Crippen molar-refractivity contribution in [1.82, 2.24) is 0 Å². The Bertz CT molecular complexity index is 487. The van der Waals surface area contributed by atoms with Crippen LogP contribution in [0.25, 0.3) is 0 Å². The first-order valence-corrected chi connectivity index (χ1v) is 6.49. The molecular formula is C14H18N2O2. The van der Waals surface area contributed by atoms with E-state index < -0.39 is 0 Å². The fourth-order valence-electron chi connectivity index (χ4n) is 2.86. The lowest BCUT2D eigenvalue weighted by atomic mass is 10.0. The molecule has 1 aromatic rings. The highest BCUT2D eigenvalue weighted by Gasteiger charge is 2.37. The lowest BCUT2D eigenvalue weighted by molar-refractivity contribution is -0.128. The SMILES string of the molecule is CC1CCOC1C(=O)N1CCc2c(N)cccc21. The van der Waals surface area contributed by atoms with Crippen LogP contribution in [0.2, 0.25) is 0 Å². The van der Waals surface area contributed by atoms with Crippen molar-refractivity contribution in [1.29, 1.82) is 0 Å². The molecule has 3 rings (SSSR count). The molecule has 2 aliphatic heterocycles. The van der Waals surface area contributed by atoms with Gasteiger partial charge in [-0.15, -0.1) is 0 Å². The molecule has 4 nitrogen and oxygen atoms in total. The number of amides is 1. The van der Waals surface area contributed by atoms with Gasteiger partial charge < -0.3 is 15.4 Å². The van der Waals surface area contributed by atoms with Gasteiger partial charge in [0, 0.05) is 30.1 Å². The number of fused-ring (bicyclic) bond motifs is 1. The normalized spacial score (nSPS) is 26.4. The van der Waals surface area contributed by atoms with E-state index in [1.807, 2.05) is 23.1 Å². The highest BCUT2D eigenvalue weighted by molar-refractivity contribution is 5.99. The van der Waals surface area contributed by atoms with Gasteiger partial charge in [-0.05, 0) is 30.9 Å². The van der Waals surface area contributed by atoms with Crippen LogP contribution in [-0.2, 0) is 16.0 Å². The molecule has 1 fully saturated rings. The van der Waals surface area contributed by atoms with Crippen molar-refractivity contribution >= 4 is 17.3 Å². The van der Waals surface area contributed by atoms with Crippen molar-refractivity contribution in [3.05, 3.63) is 23.8 Å². The zero-order chi connectivity index (χ0) is 12.7. The first-order chi connectivity index (χ1) is 8.68. The second kappa shape index (κ2) is 4.28. The van der Waals surface area contributed by atoms with Crippen LogP contribution in [-0.4, -0.2) is 25.2 Å². The van der Waals surface area contributed by atoms with Crippen molar-refractivity contribution in [2.75, 3.05) is 23.8 Å². The Morgan fingerprint density at radius 2 is 2.33 bits per heavy atom. The number of hydrogen-bond acceptors (Lipinski definition) is 3. The van der Waals surface area contributed by atoms with Gasteiger partial charge in [-0.2, -0.15) is 0 Å². The first-order valence-electron chi connectivity index (χ1n) is 6.49. The number of carbonyl (C=O) groups excluding carboxylic acids is 1. The number of carbonyl (C=O) groups is 1. The summed E-state index contributed by atoms with van der Waals surface area (Å²) in [6.45, 7) is 3.48. The summed E-state index contributed by atoms with van der Waals surface area (Å²) in [6, 6.07) is 5.76. The lowest BCUT2D eigenvalue weighted by Gasteiger charge is -2.23. The summed E-state index contributed by atoms with van der Waals surface area (Å²) in [4.78, 5) is 14.3. The summed E-state index contributed by atoms with van der Waals surface area (Å²) in [5.41, 5.74) is 8.78. The number of nitrogens with zero attached hydrogens (tertiary/aromatic N) is 1. The molecule has 2 heterocycles. The smallest absolute Gasteiger partial charge is 0.256 e. The fourth-order valence-corrected chi connectivity index (χ4v) is 2.86. The predicted molar refractivity (Wildman–Crippen MR) is 70.4 cm³/mol. The molecule has 2 atom stereocenters. The van der Waals surface area contributed by atoms with E-state index in [1.54, 1.807) is 0 Å². The van der Waals surface area contributed by atoms with Gasteiger partial charge in [0.25, 0.3) is 5.91 Å². The minimum Gasteiger partial charge on any atom is -0.398 e. The van der Waals surface area contributed by atoms with E-state index in [0.717, 1.165) is 36.3 Å². The molecule has 0 aliphatic carbocycles. The van der Waals surface area contributed by atoms with Crippen LogP contribution in [0, 0.1) is 5.92 Å². The largest absolute Gasteiger partial charge is 0.398 e. The van der Waals surface area contributed by atoms with E-state index in [9.17, 15) is 4.79 Å². The second-order valence-electron chi connectivity index (χ2n) is 5.14. The zero-order valence-corrected chi connectivity index (χ0v) is 10.6. The van der Waals surface area contributed by atoms with Crippen molar-refractivity contribution in [2.45, 2.75) is 25.9 Å². The number of nitrogen functional groups attached to an aromatic ring is 1. The molecule has 2 unspecified atom stereocenters. The third kappa shape index (κ3) is 1.68. The Morgan fingerprint density at radius 1 is 1.50 bits per heavy atom. The fraction of sp³-hybridized carbons (Fsp3) is 0.500. The highest BCUT2D eigenvalue weighted by Crippen LogP contribution is 2.34. The summed E-state index contributed by atoms with van der Waals surface area (Å²) in [5, 5.41) is 0. The van der Waals surface area contributed by atoms with E-state index in [2.05, 4.69) is 6.92 Å². The summed E-state index contributed by atoms with van der Waals surface area (Å²) in [6.07, 6.45) is 1.53. The Labute approximate surface area is 107 Å². The predicted octanol–water partition coefficient (Wildman–Crippen LogP) is 1.58. The number of ether oxygens (including phenoxy) is 1. The number of rotatable bonds is 1. The van der Waals surface area contributed by atoms with Gasteiger partial charge in [-0.3, -0.25) is 4.79 Å². The van der Waals surface area contributed by atoms with E-state index in [0.29, 0.717) is 12.5 Å². The van der Waals surface area contributed by atoms with Crippen LogP contribution in [0.15, 0.2) is 18.2 Å². The van der Waals surface area contributed by atoms with Crippen LogP contribution < -0.4 is 10.6 Å². The monoisotopic (exact) mass is 246 g/mol. The van der Waals surface area contributed by atoms with E-state index in [-0.39, 0.29) is 12.0 Å². The van der Waals surface area contributed by atoms with Crippen LogP contribution in [0.4, 0.5) is 11.4 Å². The Kier molecular flexibility index (Phi) is 2.74. The molecule has 1 saturated heterocycles. The number of benzene rings is 1. The van der Waals surface area contributed by atoms with E-state index >= 15 is 0 Å². The van der Waals surface area contributed by atoms with Gasteiger partial charge in [-0.25, -0.2) is 0 Å². The van der Waals surface area contributed by atoms with Crippen molar-refractivity contribution in [2.24, 2.45) is 5.92 Å². The average Bonchev–Trinajstić information content (AvgIpc) is 2.95. The Morgan fingerprint density at radius 3 is 3.06 bits per heavy atom. The minimum absolute atomic E-state index is 0.0874. The molecule has 2 N–H and O–H groups in total. The highest BCUT2D eigenvalue weighted by atomic mass is 16.5. The van der Waals surface area contributed by atoms with Gasteiger partial charge in [-0.1, -0.05) is 13.0 Å². The molecule has 0 bridgehead atoms. The maximum atomic E-state index is 12.5. The van der Waals surface area contributed by atoms with Crippen molar-refractivity contribution in [3.63, 3.8) is 0 Å². The quantitative estimate of drug-likeness (QED) is 0.765. The molecule has 0 saturated carbocycles. The number of anilines is 2. The molecule has 18 heavy (non-hydrogen) atoms. The molecule has 1 amide bonds. The van der Waals surface area contributed by atoms with Crippen LogP contribution in [0.1, 0.15) is 18.9 Å². The van der Waals surface area contributed by atoms with E-state index in [4.69, 9.17) is 10.5 Å². The Balaban J connectivity index is 1.88. The van der Waals surface area contributed by atoms with Gasteiger partial charge in [0.05, 0.1) is 0 Å². The molecule has 1 aromatic carbocycles. The summed E-state index contributed by atoms with van der Waals surface area (Å²) in [7, 11) is 0. The topological polar surface area (TPSA) is 55.6 Å². The van der Waals surface area contributed by atoms with Gasteiger partial charge in [0.1, 0.15) is 6.10 Å². The van der Waals surface area contributed by atoms with E-state index in [1.165, 1.54) is 0 Å².